The molecule has 0 amide bonds. The van der Waals surface area contributed by atoms with Crippen molar-refractivity contribution in [3.63, 3.8) is 0 Å². The van der Waals surface area contributed by atoms with Crippen LogP contribution in [0, 0.1) is 10.1 Å². The minimum atomic E-state index is -0.494. The SMILES string of the molecule is O=C(Cc1ccc([N+](=O)[O-])cc1)OCc1ccc(Cl)c(Cl)c1. The second-order valence-corrected chi connectivity index (χ2v) is 5.32. The molecular formula is C15H11Cl2NO4. The van der Waals surface area contributed by atoms with Crippen LogP contribution in [0.5, 0.6) is 0 Å². The van der Waals surface area contributed by atoms with Crippen LogP contribution in [0.2, 0.25) is 10.0 Å². The molecule has 2 aromatic rings. The van der Waals surface area contributed by atoms with Gasteiger partial charge in [0.1, 0.15) is 6.61 Å². The van der Waals surface area contributed by atoms with E-state index >= 15 is 0 Å². The molecule has 0 atom stereocenters. The zero-order valence-electron chi connectivity index (χ0n) is 11.3. The van der Waals surface area contributed by atoms with Crippen LogP contribution in [0.1, 0.15) is 11.1 Å². The third-order valence-corrected chi connectivity index (χ3v) is 3.62. The maximum atomic E-state index is 11.7. The first-order valence-corrected chi connectivity index (χ1v) is 7.04. The standard InChI is InChI=1S/C15H11Cl2NO4/c16-13-6-3-11(7-14(13)17)9-22-15(19)8-10-1-4-12(5-2-10)18(20)21/h1-7H,8-9H2. The molecule has 7 heteroatoms. The average Bonchev–Trinajstić information content (AvgIpc) is 2.49. The van der Waals surface area contributed by atoms with Gasteiger partial charge in [0, 0.05) is 12.1 Å². The molecule has 0 N–H and O–H groups in total. The summed E-state index contributed by atoms with van der Waals surface area (Å²) in [4.78, 5) is 21.8. The Kier molecular flexibility index (Phi) is 5.35. The van der Waals surface area contributed by atoms with E-state index in [0.29, 0.717) is 15.6 Å². The van der Waals surface area contributed by atoms with Crippen LogP contribution in [0.3, 0.4) is 0 Å². The number of carbonyl (C=O) groups excluding carboxylic acids is 1. The van der Waals surface area contributed by atoms with Crippen molar-refractivity contribution in [2.75, 3.05) is 0 Å². The highest BCUT2D eigenvalue weighted by molar-refractivity contribution is 6.42. The van der Waals surface area contributed by atoms with Gasteiger partial charge in [0.25, 0.3) is 5.69 Å². The van der Waals surface area contributed by atoms with Gasteiger partial charge >= 0.3 is 5.97 Å². The van der Waals surface area contributed by atoms with Crippen LogP contribution in [0.15, 0.2) is 42.5 Å². The zero-order chi connectivity index (χ0) is 16.1. The molecule has 0 aromatic heterocycles. The summed E-state index contributed by atoms with van der Waals surface area (Å²) in [6.07, 6.45) is 0.0410. The van der Waals surface area contributed by atoms with Crippen molar-refractivity contribution < 1.29 is 14.5 Å². The van der Waals surface area contributed by atoms with Gasteiger partial charge in [0.15, 0.2) is 0 Å². The van der Waals surface area contributed by atoms with Gasteiger partial charge < -0.3 is 4.74 Å². The van der Waals surface area contributed by atoms with Gasteiger partial charge in [-0.25, -0.2) is 0 Å². The third-order valence-electron chi connectivity index (χ3n) is 2.88. The lowest BCUT2D eigenvalue weighted by Crippen LogP contribution is -2.08. The first-order valence-electron chi connectivity index (χ1n) is 6.28. The topological polar surface area (TPSA) is 69.4 Å². The number of carbonyl (C=O) groups is 1. The number of benzene rings is 2. The van der Waals surface area contributed by atoms with Gasteiger partial charge in [-0.05, 0) is 23.3 Å². The fourth-order valence-corrected chi connectivity index (χ4v) is 2.07. The first kappa shape index (κ1) is 16.3. The van der Waals surface area contributed by atoms with Gasteiger partial charge in [-0.15, -0.1) is 0 Å². The molecule has 0 spiro atoms. The molecule has 0 fully saturated rings. The minimum Gasteiger partial charge on any atom is -0.461 e. The second-order valence-electron chi connectivity index (χ2n) is 4.51. The molecule has 0 heterocycles. The lowest BCUT2D eigenvalue weighted by Gasteiger charge is -2.06. The van der Waals surface area contributed by atoms with E-state index in [1.165, 1.54) is 24.3 Å². The lowest BCUT2D eigenvalue weighted by atomic mass is 10.1. The summed E-state index contributed by atoms with van der Waals surface area (Å²) < 4.78 is 5.13. The summed E-state index contributed by atoms with van der Waals surface area (Å²) >= 11 is 11.7. The fraction of sp³-hybridized carbons (Fsp3) is 0.133. The molecule has 0 aliphatic heterocycles. The molecular weight excluding hydrogens is 329 g/mol. The number of rotatable bonds is 5. The number of nitrogens with zero attached hydrogens (tertiary/aromatic N) is 1. The molecule has 0 bridgehead atoms. The summed E-state index contributed by atoms with van der Waals surface area (Å²) in [5.41, 5.74) is 1.35. The number of esters is 1. The van der Waals surface area contributed by atoms with E-state index in [2.05, 4.69) is 0 Å². The number of nitro benzene ring substituents is 1. The van der Waals surface area contributed by atoms with E-state index in [1.54, 1.807) is 18.2 Å². The Balaban J connectivity index is 1.89. The van der Waals surface area contributed by atoms with E-state index in [1.807, 2.05) is 0 Å². The molecule has 22 heavy (non-hydrogen) atoms. The first-order chi connectivity index (χ1) is 10.5. The Labute approximate surface area is 136 Å². The van der Waals surface area contributed by atoms with E-state index in [4.69, 9.17) is 27.9 Å². The Morgan fingerprint density at radius 3 is 2.27 bits per heavy atom. The van der Waals surface area contributed by atoms with Crippen molar-refractivity contribution in [3.8, 4) is 0 Å². The molecule has 5 nitrogen and oxygen atoms in total. The van der Waals surface area contributed by atoms with Gasteiger partial charge in [-0.1, -0.05) is 41.4 Å². The van der Waals surface area contributed by atoms with Crippen LogP contribution in [0.4, 0.5) is 5.69 Å². The van der Waals surface area contributed by atoms with Crippen molar-refractivity contribution >= 4 is 34.9 Å². The molecule has 0 aliphatic carbocycles. The third kappa shape index (κ3) is 4.44. The molecule has 114 valence electrons. The van der Waals surface area contributed by atoms with E-state index in [0.717, 1.165) is 5.56 Å². The molecule has 0 radical (unpaired) electrons. The van der Waals surface area contributed by atoms with Gasteiger partial charge in [-0.3, -0.25) is 14.9 Å². The Morgan fingerprint density at radius 1 is 1.05 bits per heavy atom. The summed E-state index contributed by atoms with van der Waals surface area (Å²) in [5, 5.41) is 11.4. The number of hydrogen-bond acceptors (Lipinski definition) is 4. The van der Waals surface area contributed by atoms with Crippen LogP contribution in [-0.4, -0.2) is 10.9 Å². The highest BCUT2D eigenvalue weighted by atomic mass is 35.5. The Morgan fingerprint density at radius 2 is 1.68 bits per heavy atom. The molecule has 0 saturated carbocycles. The zero-order valence-corrected chi connectivity index (χ0v) is 12.8. The van der Waals surface area contributed by atoms with Gasteiger partial charge in [0.2, 0.25) is 0 Å². The van der Waals surface area contributed by atoms with Gasteiger partial charge in [-0.2, -0.15) is 0 Å². The number of non-ortho nitro benzene ring substituents is 1. The van der Waals surface area contributed by atoms with Crippen molar-refractivity contribution in [2.24, 2.45) is 0 Å². The number of nitro groups is 1. The van der Waals surface area contributed by atoms with Crippen molar-refractivity contribution in [1.82, 2.24) is 0 Å². The van der Waals surface area contributed by atoms with Crippen molar-refractivity contribution in [1.29, 1.82) is 0 Å². The van der Waals surface area contributed by atoms with Crippen LogP contribution >= 0.6 is 23.2 Å². The van der Waals surface area contributed by atoms with E-state index < -0.39 is 10.9 Å². The quantitative estimate of drug-likeness (QED) is 0.465. The minimum absolute atomic E-state index is 0.0204. The number of ether oxygens (including phenoxy) is 1. The maximum absolute atomic E-state index is 11.7. The summed E-state index contributed by atoms with van der Waals surface area (Å²) in [6, 6.07) is 10.7. The molecule has 0 unspecified atom stereocenters. The van der Waals surface area contributed by atoms with Crippen LogP contribution < -0.4 is 0 Å². The highest BCUT2D eigenvalue weighted by Gasteiger charge is 2.09. The summed E-state index contributed by atoms with van der Waals surface area (Å²) in [7, 11) is 0. The molecule has 2 rings (SSSR count). The molecule has 0 saturated heterocycles. The monoisotopic (exact) mass is 339 g/mol. The summed E-state index contributed by atoms with van der Waals surface area (Å²) in [5.74, 6) is -0.431. The fourth-order valence-electron chi connectivity index (χ4n) is 1.75. The maximum Gasteiger partial charge on any atom is 0.310 e. The number of halogens is 2. The predicted molar refractivity (Wildman–Crippen MR) is 83.1 cm³/mol. The van der Waals surface area contributed by atoms with E-state index in [9.17, 15) is 14.9 Å². The van der Waals surface area contributed by atoms with Gasteiger partial charge in [0.05, 0.1) is 21.4 Å². The smallest absolute Gasteiger partial charge is 0.310 e. The molecule has 0 aliphatic rings. The van der Waals surface area contributed by atoms with Crippen LogP contribution in [0.25, 0.3) is 0 Å². The number of hydrogen-bond donors (Lipinski definition) is 0. The Bertz CT molecular complexity index is 701. The molecule has 2 aromatic carbocycles. The van der Waals surface area contributed by atoms with Crippen LogP contribution in [-0.2, 0) is 22.6 Å². The van der Waals surface area contributed by atoms with Crippen molar-refractivity contribution in [2.45, 2.75) is 13.0 Å². The average molecular weight is 340 g/mol. The highest BCUT2D eigenvalue weighted by Crippen LogP contribution is 2.23. The normalized spacial score (nSPS) is 10.3. The lowest BCUT2D eigenvalue weighted by molar-refractivity contribution is -0.384. The summed E-state index contributed by atoms with van der Waals surface area (Å²) in [6.45, 7) is 0.0860. The predicted octanol–water partition coefficient (Wildman–Crippen LogP) is 4.19. The Hall–Kier alpha value is -2.11. The largest absolute Gasteiger partial charge is 0.461 e. The second kappa shape index (κ2) is 7.24. The van der Waals surface area contributed by atoms with Crippen molar-refractivity contribution in [3.05, 3.63) is 73.8 Å². The van der Waals surface area contributed by atoms with E-state index in [-0.39, 0.29) is 18.7 Å².